The Morgan fingerprint density at radius 2 is 1.61 bits per heavy atom. The van der Waals surface area contributed by atoms with E-state index >= 15 is 0 Å². The molecule has 1 unspecified atom stereocenters. The molecule has 3 aliphatic rings. The summed E-state index contributed by atoms with van der Waals surface area (Å²) in [7, 11) is 0. The average molecular weight is 440 g/mol. The second-order valence-corrected chi connectivity index (χ2v) is 9.53. The minimum Gasteiger partial charge on any atom is -0.480 e. The third-order valence-corrected chi connectivity index (χ3v) is 6.15. The maximum absolute atomic E-state index is 12.9. The molecule has 0 aromatic heterocycles. The maximum Gasteiger partial charge on any atom is 0.327 e. The number of carbonyl (C=O) groups excluding carboxylic acids is 3. The number of aliphatic hydroxyl groups excluding tert-OH is 1. The molecule has 3 fully saturated rings. The zero-order chi connectivity index (χ0) is 22.9. The van der Waals surface area contributed by atoms with Gasteiger partial charge in [-0.1, -0.05) is 0 Å². The number of hydrogen-bond acceptors (Lipinski definition) is 6. The molecule has 3 saturated heterocycles. The lowest BCUT2D eigenvalue weighted by Gasteiger charge is -2.49. The Morgan fingerprint density at radius 3 is 2.13 bits per heavy atom. The molecule has 11 nitrogen and oxygen atoms in total. The van der Waals surface area contributed by atoms with Gasteiger partial charge in [0.25, 0.3) is 0 Å². The van der Waals surface area contributed by atoms with E-state index in [1.165, 1.54) is 4.90 Å². The monoisotopic (exact) mass is 439 g/mol. The second kappa shape index (κ2) is 8.99. The molecule has 0 aliphatic carbocycles. The van der Waals surface area contributed by atoms with Crippen molar-refractivity contribution in [2.45, 2.75) is 51.3 Å². The van der Waals surface area contributed by atoms with Crippen LogP contribution in [0.3, 0.4) is 0 Å². The first-order valence-corrected chi connectivity index (χ1v) is 10.8. The Hall–Kier alpha value is -2.40. The van der Waals surface area contributed by atoms with E-state index in [-0.39, 0.29) is 43.7 Å². The third-order valence-electron chi connectivity index (χ3n) is 6.15. The molecule has 11 heteroatoms. The Morgan fingerprint density at radius 1 is 1.06 bits per heavy atom. The van der Waals surface area contributed by atoms with Crippen LogP contribution in [0.25, 0.3) is 0 Å². The number of nitrogens with one attached hydrogen (secondary N) is 2. The van der Waals surface area contributed by atoms with Crippen LogP contribution in [0.2, 0.25) is 0 Å². The van der Waals surface area contributed by atoms with Crippen LogP contribution in [0.5, 0.6) is 0 Å². The normalized spacial score (nSPS) is 26.3. The van der Waals surface area contributed by atoms with Crippen LogP contribution in [0.15, 0.2) is 0 Å². The van der Waals surface area contributed by atoms with E-state index in [1.807, 2.05) is 20.8 Å². The summed E-state index contributed by atoms with van der Waals surface area (Å²) in [6, 6.07) is -2.28. The van der Waals surface area contributed by atoms with E-state index in [0.717, 1.165) is 4.90 Å². The van der Waals surface area contributed by atoms with Gasteiger partial charge < -0.3 is 30.6 Å². The number of urea groups is 2. The first kappa shape index (κ1) is 23.3. The van der Waals surface area contributed by atoms with Gasteiger partial charge in [-0.05, 0) is 52.6 Å². The van der Waals surface area contributed by atoms with E-state index < -0.39 is 36.0 Å². The Bertz CT molecular complexity index is 724. The van der Waals surface area contributed by atoms with Gasteiger partial charge in [0, 0.05) is 31.7 Å². The first-order chi connectivity index (χ1) is 14.5. The number of carboxylic acids is 1. The number of piperidine rings is 1. The van der Waals surface area contributed by atoms with Crippen LogP contribution < -0.4 is 10.6 Å². The molecule has 174 valence electrons. The standard InChI is InChI=1S/C20H33N5O6/c1-20(2,3)22-18(30)23-8-10-24(11-9-23)19(31)25-14(17(28)29)13(16(25)27)15(26)12-4-6-21-7-5-12/h12-15,21,26H,4-11H2,1-3H3,(H,22,30)(H,28,29)/t13-,14-,15?/m0/s1. The summed E-state index contributed by atoms with van der Waals surface area (Å²) in [6.45, 7) is 8.01. The number of aliphatic carboxylic acids is 1. The van der Waals surface area contributed by atoms with Gasteiger partial charge in [0.05, 0.1) is 12.0 Å². The summed E-state index contributed by atoms with van der Waals surface area (Å²) >= 11 is 0. The fraction of sp³-hybridized carbons (Fsp3) is 0.800. The lowest BCUT2D eigenvalue weighted by atomic mass is 9.75. The molecule has 0 bridgehead atoms. The summed E-state index contributed by atoms with van der Waals surface area (Å²) in [6.07, 6.45) is 0.228. The molecular formula is C20H33N5O6. The highest BCUT2D eigenvalue weighted by Gasteiger charge is 2.59. The zero-order valence-electron chi connectivity index (χ0n) is 18.3. The number of carboxylic acid groups (broad SMARTS) is 1. The van der Waals surface area contributed by atoms with Crippen molar-refractivity contribution in [2.75, 3.05) is 39.3 Å². The maximum atomic E-state index is 12.9. The summed E-state index contributed by atoms with van der Waals surface area (Å²) in [5.41, 5.74) is -0.382. The number of carbonyl (C=O) groups is 4. The van der Waals surface area contributed by atoms with E-state index in [9.17, 15) is 29.4 Å². The van der Waals surface area contributed by atoms with Crippen molar-refractivity contribution in [3.8, 4) is 0 Å². The van der Waals surface area contributed by atoms with Gasteiger partial charge in [-0.25, -0.2) is 19.3 Å². The highest BCUT2D eigenvalue weighted by atomic mass is 16.4. The molecule has 0 radical (unpaired) electrons. The van der Waals surface area contributed by atoms with E-state index in [1.54, 1.807) is 4.90 Å². The topological polar surface area (TPSA) is 143 Å². The van der Waals surface area contributed by atoms with Gasteiger partial charge >= 0.3 is 18.0 Å². The number of nitrogens with zero attached hydrogens (tertiary/aromatic N) is 3. The summed E-state index contributed by atoms with van der Waals surface area (Å²) < 4.78 is 0. The zero-order valence-corrected chi connectivity index (χ0v) is 18.3. The first-order valence-electron chi connectivity index (χ1n) is 10.8. The lowest BCUT2D eigenvalue weighted by molar-refractivity contribution is -0.176. The smallest absolute Gasteiger partial charge is 0.327 e. The van der Waals surface area contributed by atoms with Crippen LogP contribution in [-0.4, -0.2) is 106 Å². The van der Waals surface area contributed by atoms with Crippen molar-refractivity contribution in [3.63, 3.8) is 0 Å². The number of rotatable bonds is 3. The minimum atomic E-state index is -1.37. The number of β-lactam (4-membered cyclic amide) rings is 1. The predicted octanol–water partition coefficient (Wildman–Crippen LogP) is -0.496. The molecule has 3 aliphatic heterocycles. The lowest BCUT2D eigenvalue weighted by Crippen LogP contribution is -2.72. The van der Waals surface area contributed by atoms with E-state index in [2.05, 4.69) is 10.6 Å². The molecule has 0 spiro atoms. The molecule has 31 heavy (non-hydrogen) atoms. The van der Waals surface area contributed by atoms with Crippen LogP contribution in [0.4, 0.5) is 9.59 Å². The Kier molecular flexibility index (Phi) is 6.75. The molecule has 0 saturated carbocycles. The van der Waals surface area contributed by atoms with Crippen molar-refractivity contribution < 1.29 is 29.4 Å². The predicted molar refractivity (Wildman–Crippen MR) is 110 cm³/mol. The van der Waals surface area contributed by atoms with Gasteiger partial charge in [0.2, 0.25) is 5.91 Å². The summed E-state index contributed by atoms with van der Waals surface area (Å²) in [5.74, 6) is -3.21. The van der Waals surface area contributed by atoms with Crippen molar-refractivity contribution in [3.05, 3.63) is 0 Å². The molecule has 3 atom stereocenters. The highest BCUT2D eigenvalue weighted by molar-refractivity contribution is 6.07. The molecule has 5 amide bonds. The van der Waals surface area contributed by atoms with Crippen LogP contribution in [0.1, 0.15) is 33.6 Å². The van der Waals surface area contributed by atoms with Crippen molar-refractivity contribution in [1.82, 2.24) is 25.3 Å². The average Bonchev–Trinajstić information content (AvgIpc) is 2.71. The number of imide groups is 1. The minimum absolute atomic E-state index is 0.167. The Balaban J connectivity index is 1.61. The van der Waals surface area contributed by atoms with Crippen molar-refractivity contribution in [1.29, 1.82) is 0 Å². The van der Waals surface area contributed by atoms with Gasteiger partial charge in [-0.2, -0.15) is 0 Å². The number of hydrogen-bond donors (Lipinski definition) is 4. The SMILES string of the molecule is CC(C)(C)NC(=O)N1CCN(C(=O)N2C(=O)[C@H](C(O)C3CCNCC3)[C@H]2C(=O)O)CC1. The molecule has 3 heterocycles. The number of aliphatic hydroxyl groups is 1. The fourth-order valence-corrected chi connectivity index (χ4v) is 4.45. The van der Waals surface area contributed by atoms with Gasteiger partial charge in [0.15, 0.2) is 6.04 Å². The fourth-order valence-electron chi connectivity index (χ4n) is 4.45. The van der Waals surface area contributed by atoms with Crippen molar-refractivity contribution >= 4 is 23.9 Å². The Labute approximate surface area is 181 Å². The number of amides is 5. The van der Waals surface area contributed by atoms with E-state index in [0.29, 0.717) is 25.9 Å². The summed E-state index contributed by atoms with van der Waals surface area (Å²) in [4.78, 5) is 53.5. The molecular weight excluding hydrogens is 406 g/mol. The van der Waals surface area contributed by atoms with Gasteiger partial charge in [0.1, 0.15) is 0 Å². The molecule has 4 N–H and O–H groups in total. The van der Waals surface area contributed by atoms with Crippen molar-refractivity contribution in [2.24, 2.45) is 11.8 Å². The molecule has 3 rings (SSSR count). The highest BCUT2D eigenvalue weighted by Crippen LogP contribution is 2.36. The van der Waals surface area contributed by atoms with Crippen LogP contribution in [-0.2, 0) is 9.59 Å². The number of piperazine rings is 1. The second-order valence-electron chi connectivity index (χ2n) is 9.53. The van der Waals surface area contributed by atoms with E-state index in [4.69, 9.17) is 0 Å². The molecule has 0 aromatic rings. The van der Waals surface area contributed by atoms with Crippen LogP contribution >= 0.6 is 0 Å². The summed E-state index contributed by atoms with van der Waals surface area (Å²) in [5, 5.41) is 26.4. The van der Waals surface area contributed by atoms with Crippen LogP contribution in [0, 0.1) is 11.8 Å². The van der Waals surface area contributed by atoms with Gasteiger partial charge in [-0.15, -0.1) is 0 Å². The molecule has 0 aromatic carbocycles. The van der Waals surface area contributed by atoms with Gasteiger partial charge in [-0.3, -0.25) is 4.79 Å². The third kappa shape index (κ3) is 4.93. The number of likely N-dealkylation sites (tertiary alicyclic amines) is 1. The largest absolute Gasteiger partial charge is 0.480 e. The quantitative estimate of drug-likeness (QED) is 0.434.